The van der Waals surface area contributed by atoms with Crippen LogP contribution in [0.3, 0.4) is 0 Å². The zero-order valence-corrected chi connectivity index (χ0v) is 20.0. The number of hydrogen-bond donors (Lipinski definition) is 1. The summed E-state index contributed by atoms with van der Waals surface area (Å²) in [6, 6.07) is 13.4. The van der Waals surface area contributed by atoms with Gasteiger partial charge in [-0.2, -0.15) is 0 Å². The van der Waals surface area contributed by atoms with E-state index in [-0.39, 0.29) is 12.5 Å². The first-order valence-corrected chi connectivity index (χ1v) is 12.8. The second-order valence-electron chi connectivity index (χ2n) is 8.37. The molecule has 1 heterocycles. The predicted molar refractivity (Wildman–Crippen MR) is 127 cm³/mol. The number of ether oxygens (including phenoxy) is 1. The molecule has 0 radical (unpaired) electrons. The Balaban J connectivity index is 1.60. The molecule has 2 aromatic rings. The third-order valence-corrected chi connectivity index (χ3v) is 6.78. The minimum absolute atomic E-state index is 0.314. The Morgan fingerprint density at radius 3 is 2.34 bits per heavy atom. The van der Waals surface area contributed by atoms with Crippen molar-refractivity contribution in [3.05, 3.63) is 59.2 Å². The molecule has 0 spiro atoms. The maximum absolute atomic E-state index is 12.6. The van der Waals surface area contributed by atoms with Crippen molar-refractivity contribution in [3.8, 4) is 5.75 Å². The van der Waals surface area contributed by atoms with Crippen LogP contribution < -0.4 is 14.4 Å². The molecule has 1 aliphatic heterocycles. The molecule has 0 aliphatic carbocycles. The molecular formula is C24H33N3O4S. The highest BCUT2D eigenvalue weighted by Crippen LogP contribution is 2.30. The Morgan fingerprint density at radius 2 is 1.72 bits per heavy atom. The highest BCUT2D eigenvalue weighted by Gasteiger charge is 2.24. The molecular weight excluding hydrogens is 426 g/mol. The summed E-state index contributed by atoms with van der Waals surface area (Å²) in [4.78, 5) is 15.1. The van der Waals surface area contributed by atoms with E-state index in [0.717, 1.165) is 41.3 Å². The minimum atomic E-state index is -3.68. The lowest BCUT2D eigenvalue weighted by molar-refractivity contribution is -0.119. The van der Waals surface area contributed by atoms with Crippen LogP contribution in [0.4, 0.5) is 5.69 Å². The van der Waals surface area contributed by atoms with Gasteiger partial charge in [0.2, 0.25) is 15.9 Å². The zero-order valence-electron chi connectivity index (χ0n) is 19.1. The van der Waals surface area contributed by atoms with Gasteiger partial charge in [0.15, 0.2) is 0 Å². The van der Waals surface area contributed by atoms with Crippen LogP contribution >= 0.6 is 0 Å². The standard InChI is InChI=1S/C24H33N3O4S/c1-19-7-12-23(31-2)22(15-19)27(32(3,29)30)18-24(28)25-16-20-8-10-21(11-9-20)17-26-13-5-4-6-14-26/h7-12,15H,4-6,13-14,16-18H2,1-3H3,(H,25,28). The van der Waals surface area contributed by atoms with E-state index in [9.17, 15) is 13.2 Å². The third kappa shape index (κ3) is 6.71. The lowest BCUT2D eigenvalue weighted by Gasteiger charge is -2.26. The van der Waals surface area contributed by atoms with Crippen LogP contribution in [-0.2, 0) is 27.9 Å². The van der Waals surface area contributed by atoms with E-state index in [4.69, 9.17) is 4.74 Å². The van der Waals surface area contributed by atoms with E-state index in [1.54, 1.807) is 12.1 Å². The number of anilines is 1. The molecule has 7 nitrogen and oxygen atoms in total. The normalized spacial score (nSPS) is 14.7. The van der Waals surface area contributed by atoms with Crippen molar-refractivity contribution in [1.29, 1.82) is 0 Å². The Hall–Kier alpha value is -2.58. The fourth-order valence-electron chi connectivity index (χ4n) is 3.90. The SMILES string of the molecule is COc1ccc(C)cc1N(CC(=O)NCc1ccc(CN2CCCCC2)cc1)S(C)(=O)=O. The Labute approximate surface area is 191 Å². The van der Waals surface area contributed by atoms with Gasteiger partial charge in [-0.15, -0.1) is 0 Å². The van der Waals surface area contributed by atoms with Crippen LogP contribution in [0.5, 0.6) is 5.75 Å². The molecule has 1 amide bonds. The average molecular weight is 460 g/mol. The summed E-state index contributed by atoms with van der Waals surface area (Å²) >= 11 is 0. The molecule has 0 unspecified atom stereocenters. The first kappa shape index (κ1) is 24.1. The van der Waals surface area contributed by atoms with Crippen LogP contribution in [0, 0.1) is 6.92 Å². The summed E-state index contributed by atoms with van der Waals surface area (Å²) < 4.78 is 31.2. The van der Waals surface area contributed by atoms with E-state index in [2.05, 4.69) is 22.3 Å². The monoisotopic (exact) mass is 459 g/mol. The van der Waals surface area contributed by atoms with Gasteiger partial charge in [0.05, 0.1) is 19.1 Å². The van der Waals surface area contributed by atoms with E-state index in [1.807, 2.05) is 25.1 Å². The van der Waals surface area contributed by atoms with Crippen molar-refractivity contribution in [3.63, 3.8) is 0 Å². The van der Waals surface area contributed by atoms with Gasteiger partial charge in [0.1, 0.15) is 12.3 Å². The van der Waals surface area contributed by atoms with Crippen LogP contribution in [-0.4, -0.2) is 52.2 Å². The van der Waals surface area contributed by atoms with E-state index in [1.165, 1.54) is 31.9 Å². The summed E-state index contributed by atoms with van der Waals surface area (Å²) in [6.07, 6.45) is 4.94. The summed E-state index contributed by atoms with van der Waals surface area (Å²) in [5, 5.41) is 2.83. The molecule has 1 fully saturated rings. The number of benzene rings is 2. The molecule has 0 atom stereocenters. The maximum Gasteiger partial charge on any atom is 0.241 e. The molecule has 32 heavy (non-hydrogen) atoms. The molecule has 3 rings (SSSR count). The molecule has 1 aliphatic rings. The molecule has 0 aromatic heterocycles. The number of aryl methyl sites for hydroxylation is 1. The number of sulfonamides is 1. The molecule has 1 N–H and O–H groups in total. The maximum atomic E-state index is 12.6. The summed E-state index contributed by atoms with van der Waals surface area (Å²) in [6.45, 7) is 5.14. The number of rotatable bonds is 9. The first-order chi connectivity index (χ1) is 15.3. The van der Waals surface area contributed by atoms with Crippen LogP contribution in [0.15, 0.2) is 42.5 Å². The fourth-order valence-corrected chi connectivity index (χ4v) is 4.75. The first-order valence-electron chi connectivity index (χ1n) is 11.0. The number of hydrogen-bond acceptors (Lipinski definition) is 5. The van der Waals surface area contributed by atoms with Crippen molar-refractivity contribution in [2.45, 2.75) is 39.3 Å². The number of carbonyl (C=O) groups excluding carboxylic acids is 1. The van der Waals surface area contributed by atoms with Crippen LogP contribution in [0.1, 0.15) is 36.0 Å². The fraction of sp³-hybridized carbons (Fsp3) is 0.458. The second kappa shape index (κ2) is 10.8. The summed E-state index contributed by atoms with van der Waals surface area (Å²) in [7, 11) is -2.20. The van der Waals surface area contributed by atoms with Gasteiger partial charge in [-0.1, -0.05) is 36.8 Å². The van der Waals surface area contributed by atoms with Gasteiger partial charge in [0, 0.05) is 13.1 Å². The van der Waals surface area contributed by atoms with Crippen LogP contribution in [0.2, 0.25) is 0 Å². The molecule has 0 saturated carbocycles. The number of likely N-dealkylation sites (tertiary alicyclic amines) is 1. The van der Waals surface area contributed by atoms with Crippen LogP contribution in [0.25, 0.3) is 0 Å². The largest absolute Gasteiger partial charge is 0.495 e. The van der Waals surface area contributed by atoms with Crippen molar-refractivity contribution in [2.24, 2.45) is 0 Å². The van der Waals surface area contributed by atoms with E-state index >= 15 is 0 Å². The number of carbonyl (C=O) groups is 1. The molecule has 2 aromatic carbocycles. The van der Waals surface area contributed by atoms with Gasteiger partial charge >= 0.3 is 0 Å². The van der Waals surface area contributed by atoms with Gasteiger partial charge in [-0.25, -0.2) is 8.42 Å². The number of piperidine rings is 1. The highest BCUT2D eigenvalue weighted by atomic mass is 32.2. The molecule has 1 saturated heterocycles. The lowest BCUT2D eigenvalue weighted by atomic mass is 10.1. The number of nitrogens with one attached hydrogen (secondary N) is 1. The quantitative estimate of drug-likeness (QED) is 0.624. The summed E-state index contributed by atoms with van der Waals surface area (Å²) in [5.41, 5.74) is 3.46. The van der Waals surface area contributed by atoms with E-state index < -0.39 is 10.0 Å². The Kier molecular flexibility index (Phi) is 8.15. The number of amides is 1. The lowest BCUT2D eigenvalue weighted by Crippen LogP contribution is -2.40. The van der Waals surface area contributed by atoms with Crippen molar-refractivity contribution < 1.29 is 17.9 Å². The number of methoxy groups -OCH3 is 1. The third-order valence-electron chi connectivity index (χ3n) is 5.66. The topological polar surface area (TPSA) is 79.0 Å². The van der Waals surface area contributed by atoms with Gasteiger partial charge in [-0.3, -0.25) is 14.0 Å². The highest BCUT2D eigenvalue weighted by molar-refractivity contribution is 7.92. The molecule has 174 valence electrons. The van der Waals surface area contributed by atoms with Gasteiger partial charge in [-0.05, 0) is 61.7 Å². The predicted octanol–water partition coefficient (Wildman–Crippen LogP) is 3.07. The van der Waals surface area contributed by atoms with Crippen molar-refractivity contribution in [2.75, 3.05) is 37.3 Å². The summed E-state index contributed by atoms with van der Waals surface area (Å²) in [5.74, 6) is 0.0227. The smallest absolute Gasteiger partial charge is 0.241 e. The second-order valence-corrected chi connectivity index (χ2v) is 10.3. The zero-order chi connectivity index (χ0) is 23.1. The Bertz CT molecular complexity index is 1020. The minimum Gasteiger partial charge on any atom is -0.495 e. The van der Waals surface area contributed by atoms with Crippen molar-refractivity contribution in [1.82, 2.24) is 10.2 Å². The molecule has 0 bridgehead atoms. The average Bonchev–Trinajstić information content (AvgIpc) is 2.77. The van der Waals surface area contributed by atoms with Gasteiger partial charge < -0.3 is 10.1 Å². The Morgan fingerprint density at radius 1 is 1.06 bits per heavy atom. The van der Waals surface area contributed by atoms with E-state index in [0.29, 0.717) is 18.0 Å². The van der Waals surface area contributed by atoms with Gasteiger partial charge in [0.25, 0.3) is 0 Å². The molecule has 8 heteroatoms. The van der Waals surface area contributed by atoms with Crippen molar-refractivity contribution >= 4 is 21.6 Å². The number of nitrogens with zero attached hydrogens (tertiary/aromatic N) is 2.